The van der Waals surface area contributed by atoms with Crippen molar-refractivity contribution in [3.05, 3.63) is 35.3 Å². The minimum absolute atomic E-state index is 0.0931. The molecule has 26 heavy (non-hydrogen) atoms. The number of nitrogens with one attached hydrogen (secondary N) is 1. The lowest BCUT2D eigenvalue weighted by Gasteiger charge is -2.32. The maximum absolute atomic E-state index is 12.3. The Morgan fingerprint density at radius 3 is 2.77 bits per heavy atom. The first-order chi connectivity index (χ1) is 12.7. The summed E-state index contributed by atoms with van der Waals surface area (Å²) < 4.78 is 10.6. The van der Waals surface area contributed by atoms with Gasteiger partial charge in [0.15, 0.2) is 5.13 Å². The minimum atomic E-state index is 0.0931. The number of aryl methyl sites for hydroxylation is 1. The summed E-state index contributed by atoms with van der Waals surface area (Å²) >= 11 is 1.66. The Kier molecular flexibility index (Phi) is 6.33. The van der Waals surface area contributed by atoms with Gasteiger partial charge in [-0.25, -0.2) is 4.98 Å². The maximum Gasteiger partial charge on any atom is 0.220 e. The van der Waals surface area contributed by atoms with Crippen LogP contribution in [-0.2, 0) is 11.2 Å². The number of amides is 1. The molecule has 1 aromatic heterocycles. The first-order valence-corrected chi connectivity index (χ1v) is 9.72. The summed E-state index contributed by atoms with van der Waals surface area (Å²) in [5.74, 6) is 1.60. The Labute approximate surface area is 158 Å². The van der Waals surface area contributed by atoms with Crippen molar-refractivity contribution in [3.8, 4) is 11.5 Å². The first kappa shape index (κ1) is 18.5. The number of carbonyl (C=O) groups excluding carboxylic acids is 1. The Hall–Kier alpha value is -2.28. The third-order valence-electron chi connectivity index (χ3n) is 4.67. The molecule has 1 saturated heterocycles. The molecule has 6 nitrogen and oxygen atoms in total. The standard InChI is InChI=1S/C19H25N3O3S/c1-24-16-5-3-14(17(13-16)25-2)4-6-18(23)21-15-7-10-22(11-8-15)19-20-9-12-26-19/h3,5,9,12-13,15H,4,6-8,10-11H2,1-2H3,(H,21,23). The number of piperidine rings is 1. The van der Waals surface area contributed by atoms with E-state index in [4.69, 9.17) is 9.47 Å². The molecule has 1 fully saturated rings. The lowest BCUT2D eigenvalue weighted by atomic mass is 10.0. The number of anilines is 1. The molecule has 2 heterocycles. The second kappa shape index (κ2) is 8.89. The van der Waals surface area contributed by atoms with E-state index >= 15 is 0 Å². The number of rotatable bonds is 7. The van der Waals surface area contributed by atoms with Crippen LogP contribution in [0.2, 0.25) is 0 Å². The van der Waals surface area contributed by atoms with Crippen molar-refractivity contribution in [1.29, 1.82) is 0 Å². The van der Waals surface area contributed by atoms with Crippen molar-refractivity contribution in [1.82, 2.24) is 10.3 Å². The maximum atomic E-state index is 12.3. The molecule has 0 unspecified atom stereocenters. The molecular weight excluding hydrogens is 350 g/mol. The predicted molar refractivity (Wildman–Crippen MR) is 103 cm³/mol. The van der Waals surface area contributed by atoms with Crippen molar-refractivity contribution in [3.63, 3.8) is 0 Å². The summed E-state index contributed by atoms with van der Waals surface area (Å²) in [4.78, 5) is 19.0. The molecule has 0 spiro atoms. The number of nitrogens with zero attached hydrogens (tertiary/aromatic N) is 2. The predicted octanol–water partition coefficient (Wildman–Crippen LogP) is 2.88. The molecule has 1 aliphatic rings. The second-order valence-corrected chi connectivity index (χ2v) is 7.19. The minimum Gasteiger partial charge on any atom is -0.497 e. The van der Waals surface area contributed by atoms with Crippen molar-refractivity contribution in [2.24, 2.45) is 0 Å². The average molecular weight is 375 g/mol. The molecule has 7 heteroatoms. The van der Waals surface area contributed by atoms with Crippen LogP contribution in [0.5, 0.6) is 11.5 Å². The van der Waals surface area contributed by atoms with Crippen LogP contribution in [-0.4, -0.2) is 44.2 Å². The number of methoxy groups -OCH3 is 2. The van der Waals surface area contributed by atoms with Gasteiger partial charge in [0.2, 0.25) is 5.91 Å². The molecular formula is C19H25N3O3S. The van der Waals surface area contributed by atoms with Gasteiger partial charge < -0.3 is 19.7 Å². The molecule has 1 aliphatic heterocycles. The van der Waals surface area contributed by atoms with Crippen molar-refractivity contribution >= 4 is 22.4 Å². The summed E-state index contributed by atoms with van der Waals surface area (Å²) in [5, 5.41) is 6.23. The number of ether oxygens (including phenoxy) is 2. The van der Waals surface area contributed by atoms with E-state index in [0.29, 0.717) is 12.8 Å². The van der Waals surface area contributed by atoms with Gasteiger partial charge in [0.05, 0.1) is 14.2 Å². The highest BCUT2D eigenvalue weighted by atomic mass is 32.1. The fraction of sp³-hybridized carbons (Fsp3) is 0.474. The van der Waals surface area contributed by atoms with Crippen LogP contribution in [0.1, 0.15) is 24.8 Å². The Bertz CT molecular complexity index is 713. The lowest BCUT2D eigenvalue weighted by molar-refractivity contribution is -0.121. The average Bonchev–Trinajstić information content (AvgIpc) is 3.21. The smallest absolute Gasteiger partial charge is 0.220 e. The van der Waals surface area contributed by atoms with Gasteiger partial charge in [-0.05, 0) is 30.9 Å². The van der Waals surface area contributed by atoms with E-state index in [-0.39, 0.29) is 11.9 Å². The van der Waals surface area contributed by atoms with Gasteiger partial charge in [-0.15, -0.1) is 11.3 Å². The number of hydrogen-bond acceptors (Lipinski definition) is 6. The van der Waals surface area contributed by atoms with Crippen molar-refractivity contribution < 1.29 is 14.3 Å². The molecule has 0 saturated carbocycles. The Morgan fingerprint density at radius 1 is 1.31 bits per heavy atom. The molecule has 0 radical (unpaired) electrons. The highest BCUT2D eigenvalue weighted by Gasteiger charge is 2.22. The van der Waals surface area contributed by atoms with Crippen LogP contribution in [0.3, 0.4) is 0 Å². The van der Waals surface area contributed by atoms with Crippen LogP contribution in [0.25, 0.3) is 0 Å². The summed E-state index contributed by atoms with van der Waals surface area (Å²) in [6.07, 6.45) is 4.85. The van der Waals surface area contributed by atoms with E-state index < -0.39 is 0 Å². The van der Waals surface area contributed by atoms with Gasteiger partial charge >= 0.3 is 0 Å². The zero-order chi connectivity index (χ0) is 18.4. The number of aromatic nitrogens is 1. The van der Waals surface area contributed by atoms with Crippen molar-refractivity contribution in [2.75, 3.05) is 32.2 Å². The molecule has 0 aliphatic carbocycles. The molecule has 0 atom stereocenters. The molecule has 1 aromatic carbocycles. The van der Waals surface area contributed by atoms with Gasteiger partial charge in [-0.1, -0.05) is 6.07 Å². The highest BCUT2D eigenvalue weighted by Crippen LogP contribution is 2.26. The molecule has 1 amide bonds. The van der Waals surface area contributed by atoms with E-state index in [0.717, 1.165) is 48.1 Å². The lowest BCUT2D eigenvalue weighted by Crippen LogP contribution is -2.44. The zero-order valence-electron chi connectivity index (χ0n) is 15.2. The van der Waals surface area contributed by atoms with Crippen molar-refractivity contribution in [2.45, 2.75) is 31.7 Å². The van der Waals surface area contributed by atoms with Gasteiger partial charge in [0.1, 0.15) is 11.5 Å². The van der Waals surface area contributed by atoms with E-state index in [1.54, 1.807) is 25.6 Å². The molecule has 3 rings (SSSR count). The van der Waals surface area contributed by atoms with Crippen LogP contribution >= 0.6 is 11.3 Å². The third-order valence-corrected chi connectivity index (χ3v) is 5.50. The van der Waals surface area contributed by atoms with E-state index in [9.17, 15) is 4.79 Å². The number of hydrogen-bond donors (Lipinski definition) is 1. The summed E-state index contributed by atoms with van der Waals surface area (Å²) in [6.45, 7) is 1.87. The third kappa shape index (κ3) is 4.66. The first-order valence-electron chi connectivity index (χ1n) is 8.84. The van der Waals surface area contributed by atoms with Crippen LogP contribution in [0.15, 0.2) is 29.8 Å². The summed E-state index contributed by atoms with van der Waals surface area (Å²) in [7, 11) is 3.26. The van der Waals surface area contributed by atoms with Gasteiger partial charge in [-0.2, -0.15) is 0 Å². The van der Waals surface area contributed by atoms with E-state index in [2.05, 4.69) is 15.2 Å². The van der Waals surface area contributed by atoms with Gasteiger partial charge in [0, 0.05) is 43.2 Å². The molecule has 2 aromatic rings. The van der Waals surface area contributed by atoms with E-state index in [1.807, 2.05) is 29.8 Å². The fourth-order valence-electron chi connectivity index (χ4n) is 3.19. The molecule has 140 valence electrons. The SMILES string of the molecule is COc1ccc(CCC(=O)NC2CCN(c3nccs3)CC2)c(OC)c1. The topological polar surface area (TPSA) is 63.7 Å². The summed E-state index contributed by atoms with van der Waals surface area (Å²) in [6, 6.07) is 5.94. The largest absolute Gasteiger partial charge is 0.497 e. The number of thiazole rings is 1. The van der Waals surface area contributed by atoms with Gasteiger partial charge in [-0.3, -0.25) is 4.79 Å². The number of benzene rings is 1. The zero-order valence-corrected chi connectivity index (χ0v) is 16.1. The summed E-state index contributed by atoms with van der Waals surface area (Å²) in [5.41, 5.74) is 1.02. The highest BCUT2D eigenvalue weighted by molar-refractivity contribution is 7.13. The van der Waals surface area contributed by atoms with Crippen LogP contribution < -0.4 is 19.7 Å². The fourth-order valence-corrected chi connectivity index (χ4v) is 3.89. The normalized spacial score (nSPS) is 14.9. The quantitative estimate of drug-likeness (QED) is 0.806. The molecule has 1 N–H and O–H groups in total. The van der Waals surface area contributed by atoms with Crippen LogP contribution in [0, 0.1) is 0 Å². The second-order valence-electron chi connectivity index (χ2n) is 6.32. The Balaban J connectivity index is 1.45. The van der Waals surface area contributed by atoms with Gasteiger partial charge in [0.25, 0.3) is 0 Å². The number of carbonyl (C=O) groups is 1. The van der Waals surface area contributed by atoms with Crippen LogP contribution in [0.4, 0.5) is 5.13 Å². The Morgan fingerprint density at radius 2 is 2.12 bits per heavy atom. The monoisotopic (exact) mass is 375 g/mol. The van der Waals surface area contributed by atoms with E-state index in [1.165, 1.54) is 0 Å². The molecule has 0 bridgehead atoms.